The molecule has 0 N–H and O–H groups in total. The van der Waals surface area contributed by atoms with Gasteiger partial charge in [0.1, 0.15) is 16.2 Å². The van der Waals surface area contributed by atoms with Crippen LogP contribution in [0.3, 0.4) is 0 Å². The molecule has 0 bridgehead atoms. The number of rotatable bonds is 5. The first-order valence-electron chi connectivity index (χ1n) is 16.0. The van der Waals surface area contributed by atoms with E-state index in [4.69, 9.17) is 9.40 Å². The first-order chi connectivity index (χ1) is 23.8. The van der Waals surface area contributed by atoms with E-state index in [0.717, 1.165) is 55.1 Å². The van der Waals surface area contributed by atoms with Gasteiger partial charge in [-0.2, -0.15) is 0 Å². The monoisotopic (exact) mass is 650 g/mol. The van der Waals surface area contributed by atoms with Gasteiger partial charge < -0.3 is 9.32 Å². The minimum Gasteiger partial charge on any atom is -0.456 e. The smallest absolute Gasteiger partial charge is 0.137 e. The third kappa shape index (κ3) is 4.29. The zero-order valence-electron chi connectivity index (χ0n) is 25.6. The van der Waals surface area contributed by atoms with Gasteiger partial charge in [-0.15, -0.1) is 22.7 Å². The second-order valence-corrected chi connectivity index (χ2v) is 14.0. The summed E-state index contributed by atoms with van der Waals surface area (Å²) in [4.78, 5) is 7.52. The van der Waals surface area contributed by atoms with Crippen LogP contribution in [0.25, 0.3) is 74.0 Å². The molecule has 0 aliphatic heterocycles. The van der Waals surface area contributed by atoms with Crippen molar-refractivity contribution in [2.24, 2.45) is 0 Å². The lowest BCUT2D eigenvalue weighted by Crippen LogP contribution is -2.10. The van der Waals surface area contributed by atoms with Crippen molar-refractivity contribution in [2.75, 3.05) is 4.90 Å². The molecule has 0 unspecified atom stereocenters. The van der Waals surface area contributed by atoms with E-state index in [0.29, 0.717) is 0 Å². The van der Waals surface area contributed by atoms with Crippen LogP contribution in [0.15, 0.2) is 162 Å². The minimum absolute atomic E-state index is 0.879. The summed E-state index contributed by atoms with van der Waals surface area (Å²) in [5, 5.41) is 5.86. The lowest BCUT2D eigenvalue weighted by molar-refractivity contribution is 0.669. The summed E-state index contributed by atoms with van der Waals surface area (Å²) in [6.07, 6.45) is 0. The summed E-state index contributed by atoms with van der Waals surface area (Å²) in [6.45, 7) is 0. The third-order valence-electron chi connectivity index (χ3n) is 9.09. The molecule has 0 fully saturated rings. The van der Waals surface area contributed by atoms with E-state index in [1.54, 1.807) is 11.3 Å². The molecule has 3 nitrogen and oxygen atoms in total. The molecule has 48 heavy (non-hydrogen) atoms. The number of furan rings is 1. The van der Waals surface area contributed by atoms with Crippen LogP contribution >= 0.6 is 22.7 Å². The Bertz CT molecular complexity index is 2780. The number of thiophene rings is 1. The Hall–Kier alpha value is -5.75. The molecule has 0 saturated carbocycles. The van der Waals surface area contributed by atoms with Gasteiger partial charge in [0.2, 0.25) is 0 Å². The van der Waals surface area contributed by atoms with E-state index < -0.39 is 0 Å². The van der Waals surface area contributed by atoms with Crippen molar-refractivity contribution in [2.45, 2.75) is 0 Å². The minimum atomic E-state index is 0.879. The van der Waals surface area contributed by atoms with Gasteiger partial charge in [-0.25, -0.2) is 4.98 Å². The molecular formula is C43H26N2OS2. The molecule has 0 aliphatic carbocycles. The fourth-order valence-corrected chi connectivity index (χ4v) is 9.35. The Labute approximate surface area is 284 Å². The summed E-state index contributed by atoms with van der Waals surface area (Å²) in [7, 11) is 0. The average Bonchev–Trinajstić information content (AvgIpc) is 3.86. The number of anilines is 3. The fraction of sp³-hybridized carbons (Fsp3) is 0. The highest BCUT2D eigenvalue weighted by molar-refractivity contribution is 7.28. The Morgan fingerprint density at radius 1 is 0.500 bits per heavy atom. The van der Waals surface area contributed by atoms with E-state index >= 15 is 0 Å². The van der Waals surface area contributed by atoms with Crippen molar-refractivity contribution < 1.29 is 4.42 Å². The number of hydrogen-bond acceptors (Lipinski definition) is 5. The van der Waals surface area contributed by atoms with Gasteiger partial charge in [0.05, 0.1) is 21.3 Å². The Kier molecular flexibility index (Phi) is 6.22. The van der Waals surface area contributed by atoms with Crippen molar-refractivity contribution in [3.8, 4) is 21.7 Å². The fourth-order valence-electron chi connectivity index (χ4n) is 6.93. The molecule has 5 heteroatoms. The SMILES string of the molecule is c1ccc(-c2nc3cc(-c4ccc(N(c5ccccc5)c5cccc6oc7ccccc7c56)cc4)c4sc5ccccc5c4c3s2)cc1. The first kappa shape index (κ1) is 27.4. The van der Waals surface area contributed by atoms with Gasteiger partial charge in [0.15, 0.2) is 0 Å². The number of benzene rings is 7. The van der Waals surface area contributed by atoms with Crippen molar-refractivity contribution in [1.29, 1.82) is 0 Å². The van der Waals surface area contributed by atoms with Gasteiger partial charge >= 0.3 is 0 Å². The highest BCUT2D eigenvalue weighted by Crippen LogP contribution is 2.48. The largest absolute Gasteiger partial charge is 0.456 e. The Balaban J connectivity index is 1.16. The molecule has 0 saturated heterocycles. The van der Waals surface area contributed by atoms with E-state index in [9.17, 15) is 0 Å². The lowest BCUT2D eigenvalue weighted by Gasteiger charge is -2.26. The number of para-hydroxylation sites is 2. The van der Waals surface area contributed by atoms with E-state index in [1.807, 2.05) is 23.5 Å². The van der Waals surface area contributed by atoms with Crippen LogP contribution in [0, 0.1) is 0 Å². The molecule has 0 amide bonds. The van der Waals surface area contributed by atoms with E-state index in [-0.39, 0.29) is 0 Å². The number of thiazole rings is 1. The highest BCUT2D eigenvalue weighted by Gasteiger charge is 2.21. The zero-order chi connectivity index (χ0) is 31.6. The maximum Gasteiger partial charge on any atom is 0.137 e. The molecule has 10 rings (SSSR count). The van der Waals surface area contributed by atoms with Crippen LogP contribution < -0.4 is 4.90 Å². The lowest BCUT2D eigenvalue weighted by atomic mass is 10.0. The van der Waals surface area contributed by atoms with Crippen LogP contribution in [0.2, 0.25) is 0 Å². The van der Waals surface area contributed by atoms with Crippen molar-refractivity contribution in [1.82, 2.24) is 4.98 Å². The molecule has 10 aromatic rings. The van der Waals surface area contributed by atoms with Gasteiger partial charge in [-0.1, -0.05) is 103 Å². The quantitative estimate of drug-likeness (QED) is 0.186. The highest BCUT2D eigenvalue weighted by atomic mass is 32.1. The predicted octanol–water partition coefficient (Wildman–Crippen LogP) is 13.4. The number of hydrogen-bond donors (Lipinski definition) is 0. The number of aromatic nitrogens is 1. The molecule has 0 radical (unpaired) electrons. The summed E-state index contributed by atoms with van der Waals surface area (Å²) in [5.41, 5.74) is 9.60. The van der Waals surface area contributed by atoms with Crippen molar-refractivity contribution >= 4 is 92.1 Å². The molecule has 3 aromatic heterocycles. The Morgan fingerprint density at radius 2 is 1.19 bits per heavy atom. The summed E-state index contributed by atoms with van der Waals surface area (Å²) >= 11 is 3.66. The predicted molar refractivity (Wildman–Crippen MR) is 205 cm³/mol. The van der Waals surface area contributed by atoms with Crippen LogP contribution in [0.4, 0.5) is 17.1 Å². The summed E-state index contributed by atoms with van der Waals surface area (Å²) < 4.78 is 10.1. The molecule has 226 valence electrons. The molecule has 0 atom stereocenters. The van der Waals surface area contributed by atoms with Crippen LogP contribution in [-0.4, -0.2) is 4.98 Å². The van der Waals surface area contributed by atoms with E-state index in [2.05, 4.69) is 150 Å². The third-order valence-corrected chi connectivity index (χ3v) is 11.4. The van der Waals surface area contributed by atoms with Crippen LogP contribution in [-0.2, 0) is 0 Å². The molecule has 0 spiro atoms. The number of fused-ring (bicyclic) bond motifs is 8. The first-order valence-corrected chi connectivity index (χ1v) is 17.6. The van der Waals surface area contributed by atoms with E-state index in [1.165, 1.54) is 36.0 Å². The van der Waals surface area contributed by atoms with Crippen molar-refractivity contribution in [3.63, 3.8) is 0 Å². The molecule has 3 heterocycles. The number of nitrogens with zero attached hydrogens (tertiary/aromatic N) is 2. The molecule has 0 aliphatic rings. The molecule has 7 aromatic carbocycles. The standard InChI is InChI=1S/C43H26N2OS2/c1-3-12-28(13-4-1)43-44-34-26-33(41-40(42(34)48-43)32-17-8-10-21-38(32)47-41)27-22-24-30(25-23-27)45(29-14-5-2-6-15-29)35-18-11-20-37-39(35)31-16-7-9-19-36(31)46-37/h1-26H. The normalized spacial score (nSPS) is 11.8. The maximum atomic E-state index is 6.29. The van der Waals surface area contributed by atoms with Crippen molar-refractivity contribution in [3.05, 3.63) is 158 Å². The van der Waals surface area contributed by atoms with Crippen LogP contribution in [0.1, 0.15) is 0 Å². The summed E-state index contributed by atoms with van der Waals surface area (Å²) in [5.74, 6) is 0. The second-order valence-electron chi connectivity index (χ2n) is 11.9. The maximum absolute atomic E-state index is 6.29. The van der Waals surface area contributed by atoms with Gasteiger partial charge in [-0.05, 0) is 60.2 Å². The summed E-state index contributed by atoms with van der Waals surface area (Å²) in [6, 6.07) is 55.7. The zero-order valence-corrected chi connectivity index (χ0v) is 27.3. The van der Waals surface area contributed by atoms with Gasteiger partial charge in [-0.3, -0.25) is 0 Å². The Morgan fingerprint density at radius 3 is 2.02 bits per heavy atom. The van der Waals surface area contributed by atoms with Gasteiger partial charge in [0, 0.05) is 48.1 Å². The topological polar surface area (TPSA) is 29.3 Å². The second kappa shape index (κ2) is 10.9. The van der Waals surface area contributed by atoms with Crippen LogP contribution in [0.5, 0.6) is 0 Å². The van der Waals surface area contributed by atoms with Gasteiger partial charge in [0.25, 0.3) is 0 Å². The molecular weight excluding hydrogens is 625 g/mol. The average molecular weight is 651 g/mol.